The van der Waals surface area contributed by atoms with Crippen LogP contribution in [0, 0.1) is 6.92 Å². The molecule has 0 atom stereocenters. The number of aryl methyl sites for hydroxylation is 1. The molecule has 0 N–H and O–H groups in total. The van der Waals surface area contributed by atoms with E-state index in [0.29, 0.717) is 22.7 Å². The third kappa shape index (κ3) is 2.60. The van der Waals surface area contributed by atoms with Gasteiger partial charge in [-0.1, -0.05) is 12.1 Å². The number of hydrogen-bond donors (Lipinski definition) is 0. The van der Waals surface area contributed by atoms with Gasteiger partial charge in [-0.15, -0.1) is 0 Å². The minimum absolute atomic E-state index is 0.0941. The van der Waals surface area contributed by atoms with Gasteiger partial charge in [0.25, 0.3) is 0 Å². The molecule has 0 saturated carbocycles. The van der Waals surface area contributed by atoms with Gasteiger partial charge in [0.1, 0.15) is 0 Å². The van der Waals surface area contributed by atoms with Crippen LogP contribution in [0.4, 0.5) is 0 Å². The van der Waals surface area contributed by atoms with E-state index >= 15 is 0 Å². The highest BCUT2D eigenvalue weighted by Crippen LogP contribution is 2.32. The molecular formula is C19H14N2O3. The minimum Gasteiger partial charge on any atom is -0.454 e. The number of benzene rings is 1. The Balaban J connectivity index is 1.63. The SMILES string of the molecule is Cc1nc2ncccc2cc1C(=O)/C=C/c1ccc2c(c1)OCO2. The number of fused-ring (bicyclic) bond motifs is 2. The Hall–Kier alpha value is -3.21. The van der Waals surface area contributed by atoms with Gasteiger partial charge in [0, 0.05) is 17.1 Å². The normalized spacial score (nSPS) is 12.9. The summed E-state index contributed by atoms with van der Waals surface area (Å²) in [6, 6.07) is 11.1. The molecule has 3 aromatic rings. The highest BCUT2D eigenvalue weighted by atomic mass is 16.7. The molecule has 0 fully saturated rings. The number of carbonyl (C=O) groups is 1. The van der Waals surface area contributed by atoms with E-state index in [1.165, 1.54) is 0 Å². The lowest BCUT2D eigenvalue weighted by molar-refractivity contribution is 0.104. The summed E-state index contributed by atoms with van der Waals surface area (Å²) < 4.78 is 10.6. The Morgan fingerprint density at radius 3 is 2.96 bits per heavy atom. The summed E-state index contributed by atoms with van der Waals surface area (Å²) in [5.74, 6) is 1.32. The van der Waals surface area contributed by atoms with Gasteiger partial charge >= 0.3 is 0 Å². The standard InChI is InChI=1S/C19H14N2O3/c1-12-15(10-14-3-2-8-20-19(14)21-12)16(22)6-4-13-5-7-17-18(9-13)24-11-23-17/h2-10H,11H2,1H3/b6-4+. The lowest BCUT2D eigenvalue weighted by atomic mass is 10.1. The fraction of sp³-hybridized carbons (Fsp3) is 0.105. The van der Waals surface area contributed by atoms with E-state index in [2.05, 4.69) is 9.97 Å². The maximum absolute atomic E-state index is 12.5. The second-order valence-corrected chi connectivity index (χ2v) is 5.48. The predicted molar refractivity (Wildman–Crippen MR) is 90.2 cm³/mol. The second-order valence-electron chi connectivity index (χ2n) is 5.48. The van der Waals surface area contributed by atoms with Gasteiger partial charge in [-0.25, -0.2) is 9.97 Å². The van der Waals surface area contributed by atoms with Crippen molar-refractivity contribution < 1.29 is 14.3 Å². The highest BCUT2D eigenvalue weighted by molar-refractivity contribution is 6.08. The fourth-order valence-corrected chi connectivity index (χ4v) is 2.62. The van der Waals surface area contributed by atoms with Crippen molar-refractivity contribution in [2.24, 2.45) is 0 Å². The van der Waals surface area contributed by atoms with Crippen LogP contribution in [0.25, 0.3) is 17.1 Å². The van der Waals surface area contributed by atoms with Crippen molar-refractivity contribution in [1.29, 1.82) is 0 Å². The maximum atomic E-state index is 12.5. The average molecular weight is 318 g/mol. The Bertz CT molecular complexity index is 980. The zero-order valence-corrected chi connectivity index (χ0v) is 13.0. The first kappa shape index (κ1) is 14.4. The molecule has 0 spiro atoms. The van der Waals surface area contributed by atoms with E-state index in [-0.39, 0.29) is 12.6 Å². The lowest BCUT2D eigenvalue weighted by Crippen LogP contribution is -2.01. The summed E-state index contributed by atoms with van der Waals surface area (Å²) in [6.45, 7) is 2.05. The van der Waals surface area contributed by atoms with Gasteiger partial charge in [-0.05, 0) is 48.9 Å². The predicted octanol–water partition coefficient (Wildman–Crippen LogP) is 3.56. The van der Waals surface area contributed by atoms with E-state index in [0.717, 1.165) is 16.7 Å². The van der Waals surface area contributed by atoms with Crippen LogP contribution < -0.4 is 9.47 Å². The molecule has 118 valence electrons. The highest BCUT2D eigenvalue weighted by Gasteiger charge is 2.13. The third-order valence-electron chi connectivity index (χ3n) is 3.87. The number of aromatic nitrogens is 2. The average Bonchev–Trinajstić information content (AvgIpc) is 3.06. The molecule has 0 aliphatic carbocycles. The molecule has 1 aromatic carbocycles. The molecule has 0 saturated heterocycles. The molecule has 0 radical (unpaired) electrons. The van der Waals surface area contributed by atoms with Crippen LogP contribution in [-0.2, 0) is 0 Å². The van der Waals surface area contributed by atoms with Crippen molar-refractivity contribution in [2.45, 2.75) is 6.92 Å². The van der Waals surface area contributed by atoms with Crippen molar-refractivity contribution in [3.8, 4) is 11.5 Å². The number of rotatable bonds is 3. The van der Waals surface area contributed by atoms with Crippen molar-refractivity contribution in [1.82, 2.24) is 9.97 Å². The smallest absolute Gasteiger partial charge is 0.231 e. The Kier molecular flexibility index (Phi) is 3.46. The van der Waals surface area contributed by atoms with Gasteiger partial charge < -0.3 is 9.47 Å². The largest absolute Gasteiger partial charge is 0.454 e. The summed E-state index contributed by atoms with van der Waals surface area (Å²) in [4.78, 5) is 21.1. The van der Waals surface area contributed by atoms with Crippen LogP contribution in [-0.4, -0.2) is 22.5 Å². The molecule has 0 unspecified atom stereocenters. The van der Waals surface area contributed by atoms with Gasteiger partial charge in [-0.3, -0.25) is 4.79 Å². The zero-order chi connectivity index (χ0) is 16.5. The molecule has 5 nitrogen and oxygen atoms in total. The summed E-state index contributed by atoms with van der Waals surface area (Å²) in [6.07, 6.45) is 5.00. The minimum atomic E-state index is -0.0941. The maximum Gasteiger partial charge on any atom is 0.231 e. The number of ketones is 1. The van der Waals surface area contributed by atoms with Crippen LogP contribution in [0.3, 0.4) is 0 Å². The summed E-state index contributed by atoms with van der Waals surface area (Å²) in [5, 5.41) is 0.850. The summed E-state index contributed by atoms with van der Waals surface area (Å²) in [5.41, 5.74) is 2.76. The van der Waals surface area contributed by atoms with Gasteiger partial charge in [0.2, 0.25) is 6.79 Å². The molecule has 2 aromatic heterocycles. The lowest BCUT2D eigenvalue weighted by Gasteiger charge is -2.04. The molecule has 3 heterocycles. The van der Waals surface area contributed by atoms with Crippen LogP contribution in [0.1, 0.15) is 21.6 Å². The van der Waals surface area contributed by atoms with Crippen LogP contribution in [0.5, 0.6) is 11.5 Å². The molecule has 0 bridgehead atoms. The third-order valence-corrected chi connectivity index (χ3v) is 3.87. The number of carbonyl (C=O) groups excluding carboxylic acids is 1. The molecule has 1 aliphatic heterocycles. The zero-order valence-electron chi connectivity index (χ0n) is 13.0. The Labute approximate surface area is 138 Å². The van der Waals surface area contributed by atoms with Crippen LogP contribution in [0.2, 0.25) is 0 Å². The number of nitrogens with zero attached hydrogens (tertiary/aromatic N) is 2. The first-order valence-electron chi connectivity index (χ1n) is 7.55. The molecular weight excluding hydrogens is 304 g/mol. The number of hydrogen-bond acceptors (Lipinski definition) is 5. The monoisotopic (exact) mass is 318 g/mol. The van der Waals surface area contributed by atoms with Crippen molar-refractivity contribution in [3.05, 3.63) is 65.5 Å². The van der Waals surface area contributed by atoms with Gasteiger partial charge in [-0.2, -0.15) is 0 Å². The van der Waals surface area contributed by atoms with E-state index in [1.54, 1.807) is 18.3 Å². The number of pyridine rings is 2. The van der Waals surface area contributed by atoms with Crippen LogP contribution >= 0.6 is 0 Å². The van der Waals surface area contributed by atoms with E-state index < -0.39 is 0 Å². The second kappa shape index (κ2) is 5.77. The molecule has 4 rings (SSSR count). The number of ether oxygens (including phenoxy) is 2. The first-order valence-corrected chi connectivity index (χ1v) is 7.55. The van der Waals surface area contributed by atoms with E-state index in [1.807, 2.05) is 43.3 Å². The van der Waals surface area contributed by atoms with Crippen molar-refractivity contribution in [3.63, 3.8) is 0 Å². The topological polar surface area (TPSA) is 61.3 Å². The molecule has 24 heavy (non-hydrogen) atoms. The first-order chi connectivity index (χ1) is 11.7. The van der Waals surface area contributed by atoms with Crippen molar-refractivity contribution in [2.75, 3.05) is 6.79 Å². The Morgan fingerprint density at radius 1 is 1.17 bits per heavy atom. The quantitative estimate of drug-likeness (QED) is 0.546. The molecule has 1 aliphatic rings. The van der Waals surface area contributed by atoms with Crippen LogP contribution in [0.15, 0.2) is 48.7 Å². The molecule has 0 amide bonds. The molecule has 5 heteroatoms. The fourth-order valence-electron chi connectivity index (χ4n) is 2.62. The van der Waals surface area contributed by atoms with Gasteiger partial charge in [0.05, 0.1) is 5.69 Å². The van der Waals surface area contributed by atoms with E-state index in [4.69, 9.17) is 9.47 Å². The van der Waals surface area contributed by atoms with Gasteiger partial charge in [0.15, 0.2) is 22.9 Å². The Morgan fingerprint density at radius 2 is 2.04 bits per heavy atom. The van der Waals surface area contributed by atoms with Crippen molar-refractivity contribution >= 4 is 22.9 Å². The summed E-state index contributed by atoms with van der Waals surface area (Å²) in [7, 11) is 0. The number of allylic oxidation sites excluding steroid dienone is 1. The summed E-state index contributed by atoms with van der Waals surface area (Å²) >= 11 is 0. The van der Waals surface area contributed by atoms with E-state index in [9.17, 15) is 4.79 Å².